The van der Waals surface area contributed by atoms with E-state index in [0.717, 1.165) is 10.8 Å². The Labute approximate surface area is 207 Å². The second-order valence-corrected chi connectivity index (χ2v) is 8.13. The number of carbonyl (C=O) groups is 2. The van der Waals surface area contributed by atoms with Crippen LogP contribution in [-0.2, 0) is 16.0 Å². The van der Waals surface area contributed by atoms with Gasteiger partial charge < -0.3 is 18.9 Å². The Morgan fingerprint density at radius 1 is 0.889 bits per heavy atom. The molecule has 0 saturated heterocycles. The zero-order valence-corrected chi connectivity index (χ0v) is 19.8. The molecule has 7 heteroatoms. The van der Waals surface area contributed by atoms with E-state index in [1.165, 1.54) is 7.11 Å². The van der Waals surface area contributed by atoms with Crippen molar-refractivity contribution in [1.29, 1.82) is 0 Å². The van der Waals surface area contributed by atoms with Crippen LogP contribution in [0.15, 0.2) is 84.6 Å². The SMILES string of the molecule is COC(=O)/C(=C(/Cc1nccc2ccccc12)C(=O)c1ccc(OC)cc1)c1ccc2c(c1)OCO2. The van der Waals surface area contributed by atoms with Gasteiger partial charge in [0.05, 0.1) is 25.5 Å². The minimum atomic E-state index is -0.633. The molecular formula is C29H23NO6. The molecule has 2 heterocycles. The van der Waals surface area contributed by atoms with Gasteiger partial charge in [-0.25, -0.2) is 4.79 Å². The van der Waals surface area contributed by atoms with E-state index in [-0.39, 0.29) is 30.1 Å². The van der Waals surface area contributed by atoms with Crippen LogP contribution in [0.3, 0.4) is 0 Å². The molecule has 0 aliphatic carbocycles. The zero-order chi connectivity index (χ0) is 25.1. The summed E-state index contributed by atoms with van der Waals surface area (Å²) in [5.41, 5.74) is 1.98. The van der Waals surface area contributed by atoms with E-state index in [0.29, 0.717) is 34.1 Å². The number of ether oxygens (including phenoxy) is 4. The summed E-state index contributed by atoms with van der Waals surface area (Å²) in [4.78, 5) is 31.7. The number of aromatic nitrogens is 1. The van der Waals surface area contributed by atoms with E-state index in [1.807, 2.05) is 30.3 Å². The molecule has 0 bridgehead atoms. The lowest BCUT2D eigenvalue weighted by molar-refractivity contribution is -0.133. The smallest absolute Gasteiger partial charge is 0.338 e. The maximum Gasteiger partial charge on any atom is 0.338 e. The highest BCUT2D eigenvalue weighted by Crippen LogP contribution is 2.36. The van der Waals surface area contributed by atoms with Gasteiger partial charge in [0.25, 0.3) is 0 Å². The summed E-state index contributed by atoms with van der Waals surface area (Å²) in [5.74, 6) is 0.739. The van der Waals surface area contributed by atoms with Crippen LogP contribution in [0, 0.1) is 0 Å². The average molecular weight is 482 g/mol. The quantitative estimate of drug-likeness (QED) is 0.208. The highest BCUT2D eigenvalue weighted by atomic mass is 16.7. The molecule has 0 spiro atoms. The van der Waals surface area contributed by atoms with Gasteiger partial charge in [0.15, 0.2) is 17.3 Å². The van der Waals surface area contributed by atoms with Gasteiger partial charge in [-0.15, -0.1) is 0 Å². The molecule has 0 radical (unpaired) electrons. The third-order valence-corrected chi connectivity index (χ3v) is 6.08. The van der Waals surface area contributed by atoms with Crippen molar-refractivity contribution < 1.29 is 28.5 Å². The lowest BCUT2D eigenvalue weighted by atomic mass is 9.89. The number of ketones is 1. The topological polar surface area (TPSA) is 84.0 Å². The fourth-order valence-electron chi connectivity index (χ4n) is 4.26. The van der Waals surface area contributed by atoms with Crippen LogP contribution < -0.4 is 14.2 Å². The Bertz CT molecular complexity index is 1480. The predicted molar refractivity (Wildman–Crippen MR) is 134 cm³/mol. The normalized spacial score (nSPS) is 12.7. The van der Waals surface area contributed by atoms with Crippen LogP contribution in [0.4, 0.5) is 0 Å². The summed E-state index contributed by atoms with van der Waals surface area (Å²) in [5, 5.41) is 1.89. The molecule has 0 amide bonds. The Morgan fingerprint density at radius 3 is 2.42 bits per heavy atom. The first-order chi connectivity index (χ1) is 17.6. The lowest BCUT2D eigenvalue weighted by Crippen LogP contribution is -2.16. The van der Waals surface area contributed by atoms with Crippen LogP contribution in [0.2, 0.25) is 0 Å². The third-order valence-electron chi connectivity index (χ3n) is 6.08. The van der Waals surface area contributed by atoms with E-state index in [4.69, 9.17) is 18.9 Å². The van der Waals surface area contributed by atoms with Crippen molar-refractivity contribution in [2.24, 2.45) is 0 Å². The summed E-state index contributed by atoms with van der Waals surface area (Å²) < 4.78 is 21.3. The monoisotopic (exact) mass is 481 g/mol. The molecule has 3 aromatic carbocycles. The molecule has 0 unspecified atom stereocenters. The molecule has 4 aromatic rings. The second kappa shape index (κ2) is 9.92. The minimum Gasteiger partial charge on any atom is -0.497 e. The average Bonchev–Trinajstić information content (AvgIpc) is 3.40. The van der Waals surface area contributed by atoms with Crippen molar-refractivity contribution in [3.8, 4) is 17.2 Å². The number of carbonyl (C=O) groups excluding carboxylic acids is 2. The lowest BCUT2D eigenvalue weighted by Gasteiger charge is -2.15. The summed E-state index contributed by atoms with van der Waals surface area (Å²) in [7, 11) is 2.85. The highest BCUT2D eigenvalue weighted by molar-refractivity contribution is 6.27. The number of nitrogens with zero attached hydrogens (tertiary/aromatic N) is 1. The maximum atomic E-state index is 14.0. The van der Waals surface area contributed by atoms with Crippen LogP contribution in [0.5, 0.6) is 17.2 Å². The van der Waals surface area contributed by atoms with Gasteiger partial charge in [0.2, 0.25) is 6.79 Å². The molecule has 0 fully saturated rings. The van der Waals surface area contributed by atoms with E-state index >= 15 is 0 Å². The molecule has 0 N–H and O–H groups in total. The van der Waals surface area contributed by atoms with Crippen molar-refractivity contribution in [2.45, 2.75) is 6.42 Å². The molecule has 5 rings (SSSR count). The number of hydrogen-bond donors (Lipinski definition) is 0. The molecule has 0 saturated carbocycles. The Balaban J connectivity index is 1.72. The Kier molecular flexibility index (Phi) is 6.36. The third kappa shape index (κ3) is 4.38. The number of allylic oxidation sites excluding steroid dienone is 1. The number of hydrogen-bond acceptors (Lipinski definition) is 7. The number of esters is 1. The molecule has 1 aliphatic rings. The van der Waals surface area contributed by atoms with Gasteiger partial charge in [-0.05, 0) is 53.4 Å². The number of rotatable bonds is 7. The van der Waals surface area contributed by atoms with E-state index in [9.17, 15) is 9.59 Å². The fourth-order valence-corrected chi connectivity index (χ4v) is 4.26. The molecule has 0 atom stereocenters. The fraction of sp³-hybridized carbons (Fsp3) is 0.138. The first kappa shape index (κ1) is 23.1. The summed E-state index contributed by atoms with van der Waals surface area (Å²) >= 11 is 0. The summed E-state index contributed by atoms with van der Waals surface area (Å²) in [6, 6.07) is 21.6. The first-order valence-corrected chi connectivity index (χ1v) is 11.3. The predicted octanol–water partition coefficient (Wildman–Crippen LogP) is 5.02. The van der Waals surface area contributed by atoms with Crippen LogP contribution in [0.25, 0.3) is 16.3 Å². The van der Waals surface area contributed by atoms with Crippen molar-refractivity contribution in [2.75, 3.05) is 21.0 Å². The number of methoxy groups -OCH3 is 2. The zero-order valence-electron chi connectivity index (χ0n) is 19.8. The minimum absolute atomic E-state index is 0.0909. The standard InChI is InChI=1S/C29H23NO6/c1-33-21-10-7-19(8-11-21)28(31)23(16-24-22-6-4-3-5-18(22)13-14-30-24)27(29(32)34-2)20-9-12-25-26(15-20)36-17-35-25/h3-15H,16-17H2,1-2H3/b27-23-. The number of Topliss-reactive ketones (excluding diaryl/α,β-unsaturated/α-hetero) is 1. The summed E-state index contributed by atoms with van der Waals surface area (Å²) in [6.07, 6.45) is 1.82. The maximum absolute atomic E-state index is 14.0. The molecular weight excluding hydrogens is 458 g/mol. The Morgan fingerprint density at radius 2 is 1.64 bits per heavy atom. The molecule has 1 aromatic heterocycles. The van der Waals surface area contributed by atoms with Crippen molar-refractivity contribution >= 4 is 28.1 Å². The van der Waals surface area contributed by atoms with Gasteiger partial charge in [0.1, 0.15) is 5.75 Å². The Hall–Kier alpha value is -4.65. The van der Waals surface area contributed by atoms with Crippen LogP contribution in [-0.4, -0.2) is 37.7 Å². The van der Waals surface area contributed by atoms with Crippen molar-refractivity contribution in [3.05, 3.63) is 101 Å². The molecule has 36 heavy (non-hydrogen) atoms. The molecule has 1 aliphatic heterocycles. The van der Waals surface area contributed by atoms with Gasteiger partial charge in [-0.3, -0.25) is 9.78 Å². The van der Waals surface area contributed by atoms with Gasteiger partial charge >= 0.3 is 5.97 Å². The van der Waals surface area contributed by atoms with E-state index in [2.05, 4.69) is 4.98 Å². The van der Waals surface area contributed by atoms with Crippen molar-refractivity contribution in [3.63, 3.8) is 0 Å². The largest absolute Gasteiger partial charge is 0.497 e. The second-order valence-electron chi connectivity index (χ2n) is 8.13. The van der Waals surface area contributed by atoms with Crippen LogP contribution >= 0.6 is 0 Å². The van der Waals surface area contributed by atoms with Gasteiger partial charge in [-0.2, -0.15) is 0 Å². The molecule has 180 valence electrons. The van der Waals surface area contributed by atoms with Crippen LogP contribution in [0.1, 0.15) is 21.6 Å². The van der Waals surface area contributed by atoms with E-state index in [1.54, 1.807) is 55.8 Å². The number of pyridine rings is 1. The number of fused-ring (bicyclic) bond motifs is 2. The van der Waals surface area contributed by atoms with Crippen molar-refractivity contribution in [1.82, 2.24) is 4.98 Å². The summed E-state index contributed by atoms with van der Waals surface area (Å²) in [6.45, 7) is 0.0909. The van der Waals surface area contributed by atoms with Gasteiger partial charge in [-0.1, -0.05) is 30.3 Å². The molecule has 7 nitrogen and oxygen atoms in total. The number of benzene rings is 3. The van der Waals surface area contributed by atoms with Gasteiger partial charge in [0, 0.05) is 29.1 Å². The first-order valence-electron chi connectivity index (χ1n) is 11.3. The van der Waals surface area contributed by atoms with E-state index < -0.39 is 5.97 Å². The highest BCUT2D eigenvalue weighted by Gasteiger charge is 2.27.